The average molecular weight is 278 g/mol. The van der Waals surface area contributed by atoms with Crippen LogP contribution in [-0.4, -0.2) is 23.0 Å². The first-order chi connectivity index (χ1) is 9.12. The lowest BCUT2D eigenvalue weighted by Gasteiger charge is -2.26. The van der Waals surface area contributed by atoms with Gasteiger partial charge in [0.2, 0.25) is 0 Å². The summed E-state index contributed by atoms with van der Waals surface area (Å²) in [5.74, 6) is 0.775. The number of thiocarbonyl (C=S) groups is 1. The SMILES string of the molecule is CCC(CC)CN(CC)Cc1ccccc1C(N)=S. The third-order valence-electron chi connectivity index (χ3n) is 3.80. The molecular formula is C16H26N2S. The molecule has 0 aliphatic carbocycles. The zero-order valence-corrected chi connectivity index (χ0v) is 13.2. The third-order valence-corrected chi connectivity index (χ3v) is 4.01. The van der Waals surface area contributed by atoms with Gasteiger partial charge in [0.15, 0.2) is 0 Å². The second kappa shape index (κ2) is 8.28. The Labute approximate surface area is 123 Å². The van der Waals surface area contributed by atoms with E-state index < -0.39 is 0 Å². The molecule has 0 saturated carbocycles. The van der Waals surface area contributed by atoms with Gasteiger partial charge in [-0.3, -0.25) is 4.90 Å². The van der Waals surface area contributed by atoms with Gasteiger partial charge in [-0.2, -0.15) is 0 Å². The minimum atomic E-state index is 0.495. The van der Waals surface area contributed by atoms with Crippen molar-refractivity contribution in [3.63, 3.8) is 0 Å². The van der Waals surface area contributed by atoms with Crippen LogP contribution in [0, 0.1) is 5.92 Å². The number of hydrogen-bond donors (Lipinski definition) is 1. The molecule has 1 rings (SSSR count). The van der Waals surface area contributed by atoms with Gasteiger partial charge in [0.05, 0.1) is 0 Å². The van der Waals surface area contributed by atoms with E-state index in [4.69, 9.17) is 18.0 Å². The molecule has 0 unspecified atom stereocenters. The highest BCUT2D eigenvalue weighted by Crippen LogP contribution is 2.15. The molecule has 0 bridgehead atoms. The van der Waals surface area contributed by atoms with Crippen molar-refractivity contribution in [1.82, 2.24) is 4.90 Å². The van der Waals surface area contributed by atoms with E-state index in [2.05, 4.69) is 37.8 Å². The standard InChI is InChI=1S/C16H26N2S/c1-4-13(5-2)11-18(6-3)12-14-9-7-8-10-15(14)16(17)19/h7-10,13H,4-6,11-12H2,1-3H3,(H2,17,19). The van der Waals surface area contributed by atoms with Crippen molar-refractivity contribution in [3.05, 3.63) is 35.4 Å². The van der Waals surface area contributed by atoms with Crippen LogP contribution in [0.15, 0.2) is 24.3 Å². The zero-order chi connectivity index (χ0) is 14.3. The summed E-state index contributed by atoms with van der Waals surface area (Å²) in [5.41, 5.74) is 8.05. The fraction of sp³-hybridized carbons (Fsp3) is 0.562. The molecule has 0 saturated heterocycles. The molecule has 0 aliphatic rings. The Kier molecular flexibility index (Phi) is 7.03. The second-order valence-electron chi connectivity index (χ2n) is 5.03. The number of nitrogens with zero attached hydrogens (tertiary/aromatic N) is 1. The van der Waals surface area contributed by atoms with E-state index in [9.17, 15) is 0 Å². The Bertz CT molecular complexity index is 399. The van der Waals surface area contributed by atoms with Crippen LogP contribution in [0.4, 0.5) is 0 Å². The predicted molar refractivity (Wildman–Crippen MR) is 87.4 cm³/mol. The molecule has 0 amide bonds. The van der Waals surface area contributed by atoms with Crippen molar-refractivity contribution >= 4 is 17.2 Å². The summed E-state index contributed by atoms with van der Waals surface area (Å²) < 4.78 is 0. The van der Waals surface area contributed by atoms with Gasteiger partial charge in [0.1, 0.15) is 4.99 Å². The van der Waals surface area contributed by atoms with Crippen molar-refractivity contribution in [2.45, 2.75) is 40.2 Å². The molecule has 0 aliphatic heterocycles. The highest BCUT2D eigenvalue weighted by Gasteiger charge is 2.12. The number of benzene rings is 1. The third kappa shape index (κ3) is 4.92. The van der Waals surface area contributed by atoms with E-state index in [0.717, 1.165) is 31.1 Å². The lowest BCUT2D eigenvalue weighted by molar-refractivity contribution is 0.226. The quantitative estimate of drug-likeness (QED) is 0.737. The van der Waals surface area contributed by atoms with Gasteiger partial charge in [-0.15, -0.1) is 0 Å². The van der Waals surface area contributed by atoms with E-state index >= 15 is 0 Å². The van der Waals surface area contributed by atoms with Gasteiger partial charge in [0, 0.05) is 18.7 Å². The molecule has 0 heterocycles. The summed E-state index contributed by atoms with van der Waals surface area (Å²) in [6.07, 6.45) is 2.48. The highest BCUT2D eigenvalue weighted by molar-refractivity contribution is 7.80. The Morgan fingerprint density at radius 3 is 2.37 bits per heavy atom. The maximum atomic E-state index is 5.80. The van der Waals surface area contributed by atoms with E-state index in [-0.39, 0.29) is 0 Å². The van der Waals surface area contributed by atoms with E-state index in [1.807, 2.05) is 12.1 Å². The van der Waals surface area contributed by atoms with Crippen LogP contribution in [0.5, 0.6) is 0 Å². The minimum absolute atomic E-state index is 0.495. The second-order valence-corrected chi connectivity index (χ2v) is 5.47. The average Bonchev–Trinajstić information content (AvgIpc) is 2.43. The summed E-state index contributed by atoms with van der Waals surface area (Å²) in [4.78, 5) is 2.98. The number of rotatable bonds is 8. The van der Waals surface area contributed by atoms with Crippen LogP contribution in [-0.2, 0) is 6.54 Å². The van der Waals surface area contributed by atoms with Gasteiger partial charge in [-0.05, 0) is 18.0 Å². The van der Waals surface area contributed by atoms with Crippen LogP contribution in [0.25, 0.3) is 0 Å². The van der Waals surface area contributed by atoms with Crippen molar-refractivity contribution in [1.29, 1.82) is 0 Å². The maximum Gasteiger partial charge on any atom is 0.104 e. The first-order valence-corrected chi connectivity index (χ1v) is 7.63. The molecule has 3 heteroatoms. The maximum absolute atomic E-state index is 5.80. The van der Waals surface area contributed by atoms with Gasteiger partial charge in [-0.25, -0.2) is 0 Å². The Hall–Kier alpha value is -0.930. The summed E-state index contributed by atoms with van der Waals surface area (Å²) >= 11 is 5.13. The van der Waals surface area contributed by atoms with Gasteiger partial charge < -0.3 is 5.73 Å². The predicted octanol–water partition coefficient (Wildman–Crippen LogP) is 3.58. The first-order valence-electron chi connectivity index (χ1n) is 7.22. The molecule has 1 aromatic carbocycles. The smallest absolute Gasteiger partial charge is 0.104 e. The van der Waals surface area contributed by atoms with E-state index in [1.165, 1.54) is 18.4 Å². The molecule has 2 N–H and O–H groups in total. The molecule has 0 fully saturated rings. The van der Waals surface area contributed by atoms with Gasteiger partial charge in [-0.1, -0.05) is 70.1 Å². The lowest BCUT2D eigenvalue weighted by atomic mass is 10.0. The normalized spacial score (nSPS) is 11.2. The molecule has 0 atom stereocenters. The molecular weight excluding hydrogens is 252 g/mol. The van der Waals surface area contributed by atoms with E-state index in [0.29, 0.717) is 4.99 Å². The van der Waals surface area contributed by atoms with E-state index in [1.54, 1.807) is 0 Å². The molecule has 0 aromatic heterocycles. The van der Waals surface area contributed by atoms with Gasteiger partial charge >= 0.3 is 0 Å². The summed E-state index contributed by atoms with van der Waals surface area (Å²) in [5, 5.41) is 0. The zero-order valence-electron chi connectivity index (χ0n) is 12.4. The number of nitrogens with two attached hydrogens (primary N) is 1. The Morgan fingerprint density at radius 1 is 1.21 bits per heavy atom. The summed E-state index contributed by atoms with van der Waals surface area (Å²) in [7, 11) is 0. The summed E-state index contributed by atoms with van der Waals surface area (Å²) in [6, 6.07) is 8.20. The van der Waals surface area contributed by atoms with Crippen LogP contribution in [0.3, 0.4) is 0 Å². The van der Waals surface area contributed by atoms with Crippen molar-refractivity contribution < 1.29 is 0 Å². The van der Waals surface area contributed by atoms with Crippen LogP contribution in [0.1, 0.15) is 44.7 Å². The molecule has 0 spiro atoms. The van der Waals surface area contributed by atoms with Crippen molar-refractivity contribution in [3.8, 4) is 0 Å². The minimum Gasteiger partial charge on any atom is -0.389 e. The Morgan fingerprint density at radius 2 is 1.84 bits per heavy atom. The fourth-order valence-electron chi connectivity index (χ4n) is 2.36. The monoisotopic (exact) mass is 278 g/mol. The lowest BCUT2D eigenvalue weighted by Crippen LogP contribution is -2.29. The topological polar surface area (TPSA) is 29.3 Å². The summed E-state index contributed by atoms with van der Waals surface area (Å²) in [6.45, 7) is 9.89. The molecule has 2 nitrogen and oxygen atoms in total. The van der Waals surface area contributed by atoms with Crippen LogP contribution in [0.2, 0.25) is 0 Å². The Balaban J connectivity index is 2.78. The molecule has 0 radical (unpaired) electrons. The van der Waals surface area contributed by atoms with Crippen molar-refractivity contribution in [2.24, 2.45) is 11.7 Å². The molecule has 106 valence electrons. The van der Waals surface area contributed by atoms with Gasteiger partial charge in [0.25, 0.3) is 0 Å². The van der Waals surface area contributed by atoms with Crippen LogP contribution >= 0.6 is 12.2 Å². The first kappa shape index (κ1) is 16.1. The van der Waals surface area contributed by atoms with Crippen LogP contribution < -0.4 is 5.73 Å². The highest BCUT2D eigenvalue weighted by atomic mass is 32.1. The molecule has 19 heavy (non-hydrogen) atoms. The largest absolute Gasteiger partial charge is 0.389 e. The van der Waals surface area contributed by atoms with Crippen molar-refractivity contribution in [2.75, 3.05) is 13.1 Å². The fourth-order valence-corrected chi connectivity index (χ4v) is 2.56. The number of hydrogen-bond acceptors (Lipinski definition) is 2. The molecule has 1 aromatic rings.